The number of rotatable bonds is 4. The van der Waals surface area contributed by atoms with Crippen LogP contribution in [0.25, 0.3) is 10.9 Å². The van der Waals surface area contributed by atoms with E-state index < -0.39 is 11.4 Å². The van der Waals surface area contributed by atoms with E-state index in [4.69, 9.17) is 0 Å². The van der Waals surface area contributed by atoms with E-state index in [0.717, 1.165) is 24.2 Å². The summed E-state index contributed by atoms with van der Waals surface area (Å²) in [5.74, 6) is -0.726. The highest BCUT2D eigenvalue weighted by atomic mass is 16.4. The van der Waals surface area contributed by atoms with Crippen LogP contribution >= 0.6 is 0 Å². The Hall–Kier alpha value is -2.59. The predicted molar refractivity (Wildman–Crippen MR) is 93.9 cm³/mol. The molecule has 1 aromatic heterocycles. The zero-order valence-electron chi connectivity index (χ0n) is 13.4. The number of aromatic amines is 1. The molecular weight excluding hydrogens is 300 g/mol. The lowest BCUT2D eigenvalue weighted by Gasteiger charge is -2.25. The number of carbonyl (C=O) groups is 1. The molecule has 122 valence electrons. The second kappa shape index (κ2) is 5.80. The fourth-order valence-electron chi connectivity index (χ4n) is 3.84. The zero-order valence-corrected chi connectivity index (χ0v) is 13.4. The lowest BCUT2D eigenvalue weighted by atomic mass is 9.80. The second-order valence-electron chi connectivity index (χ2n) is 6.57. The summed E-state index contributed by atoms with van der Waals surface area (Å²) in [7, 11) is 0. The zero-order chi connectivity index (χ0) is 16.6. The number of aromatic nitrogens is 1. The number of carboxylic acid groups (broad SMARTS) is 1. The number of hydrogen-bond acceptors (Lipinski definition) is 2. The van der Waals surface area contributed by atoms with Crippen molar-refractivity contribution in [1.29, 1.82) is 0 Å². The molecule has 0 amide bonds. The van der Waals surface area contributed by atoms with Crippen LogP contribution in [0, 0.1) is 0 Å². The molecule has 1 aliphatic rings. The van der Waals surface area contributed by atoms with Crippen molar-refractivity contribution in [1.82, 2.24) is 9.88 Å². The van der Waals surface area contributed by atoms with Crippen LogP contribution in [-0.2, 0) is 16.8 Å². The van der Waals surface area contributed by atoms with Crippen LogP contribution in [0.3, 0.4) is 0 Å². The molecule has 0 radical (unpaired) electrons. The van der Waals surface area contributed by atoms with Crippen molar-refractivity contribution in [2.75, 3.05) is 13.1 Å². The fourth-order valence-corrected chi connectivity index (χ4v) is 3.84. The lowest BCUT2D eigenvalue weighted by Crippen LogP contribution is -2.38. The van der Waals surface area contributed by atoms with Gasteiger partial charge in [-0.2, -0.15) is 0 Å². The van der Waals surface area contributed by atoms with Crippen LogP contribution < -0.4 is 0 Å². The van der Waals surface area contributed by atoms with Gasteiger partial charge in [0, 0.05) is 36.7 Å². The minimum atomic E-state index is -0.798. The van der Waals surface area contributed by atoms with Crippen molar-refractivity contribution in [2.45, 2.75) is 18.4 Å². The maximum Gasteiger partial charge on any atom is 0.315 e. The van der Waals surface area contributed by atoms with E-state index in [1.165, 1.54) is 10.9 Å². The van der Waals surface area contributed by atoms with Gasteiger partial charge in [0.2, 0.25) is 0 Å². The third kappa shape index (κ3) is 2.39. The number of hydrogen-bond donors (Lipinski definition) is 2. The average molecular weight is 320 g/mol. The molecule has 4 rings (SSSR count). The molecule has 0 aliphatic carbocycles. The molecule has 4 heteroatoms. The molecule has 3 aromatic rings. The molecule has 2 N–H and O–H groups in total. The Balaban J connectivity index is 1.61. The molecule has 2 aromatic carbocycles. The van der Waals surface area contributed by atoms with E-state index in [9.17, 15) is 9.90 Å². The monoisotopic (exact) mass is 320 g/mol. The van der Waals surface area contributed by atoms with Gasteiger partial charge in [-0.05, 0) is 29.7 Å². The molecule has 24 heavy (non-hydrogen) atoms. The summed E-state index contributed by atoms with van der Waals surface area (Å²) in [5, 5.41) is 11.1. The van der Waals surface area contributed by atoms with Crippen molar-refractivity contribution in [3.8, 4) is 0 Å². The minimum Gasteiger partial charge on any atom is -0.481 e. The molecule has 1 atom stereocenters. The Morgan fingerprint density at radius 3 is 2.75 bits per heavy atom. The molecule has 1 saturated heterocycles. The highest BCUT2D eigenvalue weighted by Crippen LogP contribution is 2.36. The third-order valence-electron chi connectivity index (χ3n) is 5.16. The number of fused-ring (bicyclic) bond motifs is 1. The normalized spacial score (nSPS) is 21.3. The van der Waals surface area contributed by atoms with Gasteiger partial charge in [-0.3, -0.25) is 9.69 Å². The van der Waals surface area contributed by atoms with Gasteiger partial charge in [0.1, 0.15) is 5.41 Å². The largest absolute Gasteiger partial charge is 0.481 e. The first-order valence-corrected chi connectivity index (χ1v) is 8.25. The number of nitrogens with one attached hydrogen (secondary N) is 1. The molecule has 2 heterocycles. The molecule has 1 fully saturated rings. The summed E-state index contributed by atoms with van der Waals surface area (Å²) in [6.07, 6.45) is 2.60. The van der Waals surface area contributed by atoms with Crippen molar-refractivity contribution in [3.63, 3.8) is 0 Å². The average Bonchev–Trinajstić information content (AvgIpc) is 3.24. The van der Waals surface area contributed by atoms with Crippen LogP contribution in [0.1, 0.15) is 17.5 Å². The number of benzene rings is 2. The highest BCUT2D eigenvalue weighted by molar-refractivity contribution is 5.83. The predicted octanol–water partition coefficient (Wildman–Crippen LogP) is 3.40. The van der Waals surface area contributed by atoms with E-state index >= 15 is 0 Å². The van der Waals surface area contributed by atoms with Gasteiger partial charge in [-0.25, -0.2) is 0 Å². The Bertz CT molecular complexity index is 871. The van der Waals surface area contributed by atoms with Crippen LogP contribution in [0.5, 0.6) is 0 Å². The van der Waals surface area contributed by atoms with Gasteiger partial charge in [0.25, 0.3) is 0 Å². The van der Waals surface area contributed by atoms with Gasteiger partial charge in [-0.15, -0.1) is 0 Å². The van der Waals surface area contributed by atoms with E-state index in [1.807, 2.05) is 42.6 Å². The van der Waals surface area contributed by atoms with Gasteiger partial charge in [0.05, 0.1) is 0 Å². The number of nitrogens with zero attached hydrogens (tertiary/aromatic N) is 1. The first kappa shape index (κ1) is 15.0. The first-order valence-electron chi connectivity index (χ1n) is 8.25. The van der Waals surface area contributed by atoms with E-state index in [-0.39, 0.29) is 0 Å². The highest BCUT2D eigenvalue weighted by Gasteiger charge is 2.46. The van der Waals surface area contributed by atoms with Gasteiger partial charge < -0.3 is 10.1 Å². The van der Waals surface area contributed by atoms with Crippen LogP contribution in [0.4, 0.5) is 0 Å². The number of carboxylic acids is 1. The number of likely N-dealkylation sites (tertiary alicyclic amines) is 1. The summed E-state index contributed by atoms with van der Waals surface area (Å²) >= 11 is 0. The van der Waals surface area contributed by atoms with Crippen molar-refractivity contribution in [3.05, 3.63) is 71.9 Å². The first-order chi connectivity index (χ1) is 11.7. The molecule has 0 unspecified atom stereocenters. The summed E-state index contributed by atoms with van der Waals surface area (Å²) in [6.45, 7) is 2.12. The van der Waals surface area contributed by atoms with Gasteiger partial charge in [-0.1, -0.05) is 42.5 Å². The minimum absolute atomic E-state index is 0.549. The number of H-pyrrole nitrogens is 1. The summed E-state index contributed by atoms with van der Waals surface area (Å²) in [5.41, 5.74) is 2.47. The molecule has 0 spiro atoms. The molecular formula is C20H20N2O2. The third-order valence-corrected chi connectivity index (χ3v) is 5.16. The maximum absolute atomic E-state index is 12.1. The van der Waals surface area contributed by atoms with Crippen LogP contribution in [-0.4, -0.2) is 34.0 Å². The smallest absolute Gasteiger partial charge is 0.315 e. The van der Waals surface area contributed by atoms with E-state index in [2.05, 4.69) is 28.1 Å². The molecule has 0 saturated carbocycles. The Labute approximate surface area is 140 Å². The van der Waals surface area contributed by atoms with Crippen molar-refractivity contribution < 1.29 is 9.90 Å². The second-order valence-corrected chi connectivity index (χ2v) is 6.57. The van der Waals surface area contributed by atoms with E-state index in [0.29, 0.717) is 13.0 Å². The van der Waals surface area contributed by atoms with Crippen molar-refractivity contribution >= 4 is 16.9 Å². The van der Waals surface area contributed by atoms with E-state index in [1.54, 1.807) is 0 Å². The SMILES string of the molecule is O=C(O)[C@]1(c2ccccc2)CCN(Cc2cccc3[nH]ccc23)C1. The molecule has 1 aliphatic heterocycles. The van der Waals surface area contributed by atoms with Crippen LogP contribution in [0.2, 0.25) is 0 Å². The Morgan fingerprint density at radius 2 is 1.96 bits per heavy atom. The Morgan fingerprint density at radius 1 is 1.12 bits per heavy atom. The quantitative estimate of drug-likeness (QED) is 0.774. The topological polar surface area (TPSA) is 56.3 Å². The van der Waals surface area contributed by atoms with Crippen molar-refractivity contribution in [2.24, 2.45) is 0 Å². The standard InChI is InChI=1S/C20H20N2O2/c23-19(24)20(16-6-2-1-3-7-16)10-12-22(14-20)13-15-5-4-8-18-17(15)9-11-21-18/h1-9,11,21H,10,12-14H2,(H,23,24)/t20-/m1/s1. The lowest BCUT2D eigenvalue weighted by molar-refractivity contribution is -0.143. The molecule has 4 nitrogen and oxygen atoms in total. The summed E-state index contributed by atoms with van der Waals surface area (Å²) < 4.78 is 0. The summed E-state index contributed by atoms with van der Waals surface area (Å²) in [4.78, 5) is 17.5. The molecule has 0 bridgehead atoms. The van der Waals surface area contributed by atoms with Gasteiger partial charge in [0.15, 0.2) is 0 Å². The Kier molecular flexibility index (Phi) is 3.62. The fraction of sp³-hybridized carbons (Fsp3) is 0.250. The maximum atomic E-state index is 12.1. The number of aliphatic carboxylic acids is 1. The van der Waals surface area contributed by atoms with Gasteiger partial charge >= 0.3 is 5.97 Å². The summed E-state index contributed by atoms with van der Waals surface area (Å²) in [6, 6.07) is 18.0. The van der Waals surface area contributed by atoms with Crippen LogP contribution in [0.15, 0.2) is 60.8 Å².